The molecule has 0 aromatic heterocycles. The Bertz CT molecular complexity index is 297. The third-order valence-corrected chi connectivity index (χ3v) is 3.27. The summed E-state index contributed by atoms with van der Waals surface area (Å²) >= 11 is 0. The number of piperazine rings is 1. The third kappa shape index (κ3) is 5.59. The molecule has 0 saturated carbocycles. The van der Waals surface area contributed by atoms with E-state index in [1.54, 1.807) is 0 Å². The van der Waals surface area contributed by atoms with Crippen LogP contribution in [0.5, 0.6) is 0 Å². The normalized spacial score (nSPS) is 16.0. The topological polar surface area (TPSA) is 52.7 Å². The van der Waals surface area contributed by atoms with Gasteiger partial charge in [0.15, 0.2) is 0 Å². The van der Waals surface area contributed by atoms with Gasteiger partial charge in [-0.2, -0.15) is 0 Å². The fraction of sp³-hybridized carbons (Fsp3) is 0.857. The van der Waals surface area contributed by atoms with Gasteiger partial charge in [-0.1, -0.05) is 20.8 Å². The Hall–Kier alpha value is -1.10. The van der Waals surface area contributed by atoms with Crippen molar-refractivity contribution in [3.8, 4) is 0 Å². The van der Waals surface area contributed by atoms with Gasteiger partial charge in [0.2, 0.25) is 11.8 Å². The first-order chi connectivity index (χ1) is 9.04. The van der Waals surface area contributed by atoms with Crippen LogP contribution in [0.25, 0.3) is 0 Å². The zero-order chi connectivity index (χ0) is 14.3. The molecule has 1 heterocycles. The molecule has 1 rings (SSSR count). The lowest BCUT2D eigenvalue weighted by molar-refractivity contribution is -0.139. The highest BCUT2D eigenvalue weighted by Crippen LogP contribution is 2.08. The summed E-state index contributed by atoms with van der Waals surface area (Å²) < 4.78 is 0. The predicted octanol–water partition coefficient (Wildman–Crippen LogP) is 0.703. The zero-order valence-corrected chi connectivity index (χ0v) is 12.4. The van der Waals surface area contributed by atoms with E-state index in [9.17, 15) is 9.59 Å². The van der Waals surface area contributed by atoms with Crippen LogP contribution >= 0.6 is 0 Å². The van der Waals surface area contributed by atoms with Crippen LogP contribution in [0.1, 0.15) is 33.6 Å². The van der Waals surface area contributed by atoms with Crippen LogP contribution in [-0.2, 0) is 9.59 Å². The monoisotopic (exact) mass is 269 g/mol. The maximum atomic E-state index is 11.9. The van der Waals surface area contributed by atoms with E-state index in [4.69, 9.17) is 0 Å². The molecule has 0 spiro atoms. The Labute approximate surface area is 116 Å². The lowest BCUT2D eigenvalue weighted by Gasteiger charge is -2.35. The summed E-state index contributed by atoms with van der Waals surface area (Å²) in [5, 5.41) is 3.12. The van der Waals surface area contributed by atoms with Crippen LogP contribution in [0.15, 0.2) is 0 Å². The largest absolute Gasteiger partial charge is 0.339 e. The smallest absolute Gasteiger partial charge is 0.236 e. The van der Waals surface area contributed by atoms with Crippen LogP contribution in [0.4, 0.5) is 0 Å². The van der Waals surface area contributed by atoms with Gasteiger partial charge in [-0.15, -0.1) is 0 Å². The minimum atomic E-state index is 0.143. The first-order valence-electron chi connectivity index (χ1n) is 7.30. The molecule has 1 fully saturated rings. The SMILES string of the molecule is CCCNCC(=O)N1CCN(C(=O)CC(C)C)CC1. The molecule has 1 N–H and O–H groups in total. The Morgan fingerprint density at radius 1 is 1.05 bits per heavy atom. The number of nitrogens with one attached hydrogen (secondary N) is 1. The fourth-order valence-electron chi connectivity index (χ4n) is 2.17. The van der Waals surface area contributed by atoms with Gasteiger partial charge in [0.05, 0.1) is 6.54 Å². The van der Waals surface area contributed by atoms with Crippen molar-refractivity contribution < 1.29 is 9.59 Å². The first-order valence-corrected chi connectivity index (χ1v) is 7.30. The van der Waals surface area contributed by atoms with Gasteiger partial charge in [-0.05, 0) is 18.9 Å². The lowest BCUT2D eigenvalue weighted by atomic mass is 10.1. The second kappa shape index (κ2) is 8.15. The van der Waals surface area contributed by atoms with E-state index in [-0.39, 0.29) is 11.8 Å². The van der Waals surface area contributed by atoms with Crippen molar-refractivity contribution in [3.63, 3.8) is 0 Å². The molecule has 19 heavy (non-hydrogen) atoms. The lowest BCUT2D eigenvalue weighted by Crippen LogP contribution is -2.52. The number of hydrogen-bond donors (Lipinski definition) is 1. The van der Waals surface area contributed by atoms with E-state index >= 15 is 0 Å². The Kier molecular flexibility index (Phi) is 6.84. The predicted molar refractivity (Wildman–Crippen MR) is 75.8 cm³/mol. The molecule has 1 saturated heterocycles. The van der Waals surface area contributed by atoms with Gasteiger partial charge in [0.25, 0.3) is 0 Å². The van der Waals surface area contributed by atoms with E-state index in [0.29, 0.717) is 45.1 Å². The average Bonchev–Trinajstić information content (AvgIpc) is 2.38. The van der Waals surface area contributed by atoms with Crippen LogP contribution in [-0.4, -0.2) is 60.9 Å². The van der Waals surface area contributed by atoms with Gasteiger partial charge in [-0.25, -0.2) is 0 Å². The van der Waals surface area contributed by atoms with Crippen molar-refractivity contribution in [1.29, 1.82) is 0 Å². The summed E-state index contributed by atoms with van der Waals surface area (Å²) in [7, 11) is 0. The summed E-state index contributed by atoms with van der Waals surface area (Å²) in [6, 6.07) is 0. The molecule has 0 atom stereocenters. The van der Waals surface area contributed by atoms with Crippen molar-refractivity contribution in [1.82, 2.24) is 15.1 Å². The van der Waals surface area contributed by atoms with Crippen molar-refractivity contribution >= 4 is 11.8 Å². The molecule has 0 radical (unpaired) electrons. The number of amides is 2. The highest BCUT2D eigenvalue weighted by Gasteiger charge is 2.23. The van der Waals surface area contributed by atoms with Crippen molar-refractivity contribution in [2.24, 2.45) is 5.92 Å². The second-order valence-electron chi connectivity index (χ2n) is 5.54. The Morgan fingerprint density at radius 2 is 1.58 bits per heavy atom. The van der Waals surface area contributed by atoms with Gasteiger partial charge >= 0.3 is 0 Å². The molecule has 0 aromatic rings. The number of carbonyl (C=O) groups is 2. The molecule has 0 aliphatic carbocycles. The number of rotatable bonds is 6. The quantitative estimate of drug-likeness (QED) is 0.722. The summed E-state index contributed by atoms with van der Waals surface area (Å²) in [4.78, 5) is 27.5. The molecule has 2 amide bonds. The summed E-state index contributed by atoms with van der Waals surface area (Å²) in [5.74, 6) is 0.751. The first kappa shape index (κ1) is 16.0. The van der Waals surface area contributed by atoms with E-state index in [1.807, 2.05) is 9.80 Å². The third-order valence-electron chi connectivity index (χ3n) is 3.27. The summed E-state index contributed by atoms with van der Waals surface area (Å²) in [6.07, 6.45) is 1.64. The number of hydrogen-bond acceptors (Lipinski definition) is 3. The Balaban J connectivity index is 2.28. The molecule has 0 unspecified atom stereocenters. The van der Waals surface area contributed by atoms with Gasteiger partial charge in [-0.3, -0.25) is 9.59 Å². The summed E-state index contributed by atoms with van der Waals surface area (Å²) in [6.45, 7) is 10.1. The molecule has 0 aromatic carbocycles. The summed E-state index contributed by atoms with van der Waals surface area (Å²) in [5.41, 5.74) is 0. The standard InChI is InChI=1S/C14H27N3O2/c1-4-5-15-11-14(19)17-8-6-16(7-9-17)13(18)10-12(2)3/h12,15H,4-11H2,1-3H3. The fourth-order valence-corrected chi connectivity index (χ4v) is 2.17. The van der Waals surface area contributed by atoms with Crippen molar-refractivity contribution in [2.75, 3.05) is 39.3 Å². The maximum Gasteiger partial charge on any atom is 0.236 e. The van der Waals surface area contributed by atoms with Gasteiger partial charge in [0, 0.05) is 32.6 Å². The highest BCUT2D eigenvalue weighted by atomic mass is 16.2. The average molecular weight is 269 g/mol. The molecule has 5 nitrogen and oxygen atoms in total. The molecule has 1 aliphatic rings. The zero-order valence-electron chi connectivity index (χ0n) is 12.4. The van der Waals surface area contributed by atoms with Gasteiger partial charge < -0.3 is 15.1 Å². The Morgan fingerprint density at radius 3 is 2.05 bits per heavy atom. The van der Waals surface area contributed by atoms with Crippen molar-refractivity contribution in [2.45, 2.75) is 33.6 Å². The highest BCUT2D eigenvalue weighted by molar-refractivity contribution is 5.79. The molecule has 110 valence electrons. The number of nitrogens with zero attached hydrogens (tertiary/aromatic N) is 2. The molecule has 0 bridgehead atoms. The minimum absolute atomic E-state index is 0.143. The minimum Gasteiger partial charge on any atom is -0.339 e. The molecule has 1 aliphatic heterocycles. The van der Waals surface area contributed by atoms with Crippen LogP contribution in [0, 0.1) is 5.92 Å². The van der Waals surface area contributed by atoms with E-state index in [2.05, 4.69) is 26.1 Å². The van der Waals surface area contributed by atoms with E-state index in [0.717, 1.165) is 13.0 Å². The second-order valence-corrected chi connectivity index (χ2v) is 5.54. The molecule has 5 heteroatoms. The van der Waals surface area contributed by atoms with Crippen LogP contribution in [0.3, 0.4) is 0 Å². The van der Waals surface area contributed by atoms with Gasteiger partial charge in [0.1, 0.15) is 0 Å². The van der Waals surface area contributed by atoms with E-state index in [1.165, 1.54) is 0 Å². The molecular formula is C14H27N3O2. The maximum absolute atomic E-state index is 11.9. The van der Waals surface area contributed by atoms with E-state index < -0.39 is 0 Å². The van der Waals surface area contributed by atoms with Crippen molar-refractivity contribution in [3.05, 3.63) is 0 Å². The van der Waals surface area contributed by atoms with Crippen LogP contribution < -0.4 is 5.32 Å². The molecular weight excluding hydrogens is 242 g/mol. The van der Waals surface area contributed by atoms with Crippen LogP contribution in [0.2, 0.25) is 0 Å². The number of carbonyl (C=O) groups excluding carboxylic acids is 2.